The maximum atomic E-state index is 13.0. The first-order valence-corrected chi connectivity index (χ1v) is 14.3. The van der Waals surface area contributed by atoms with E-state index in [2.05, 4.69) is 47.6 Å². The van der Waals surface area contributed by atoms with Crippen molar-refractivity contribution in [3.63, 3.8) is 0 Å². The normalized spacial score (nSPS) is 55.5. The molecule has 0 amide bonds. The molecule has 196 valence electrons. The Morgan fingerprint density at radius 1 is 1.06 bits per heavy atom. The topological polar surface area (TPSA) is 63.6 Å². The van der Waals surface area contributed by atoms with Crippen LogP contribution in [0.15, 0.2) is 11.6 Å². The number of carbonyl (C=O) groups excluding carboxylic acids is 1. The number of aldehydes is 1. The number of hydrogen-bond donors (Lipinski definition) is 1. The Morgan fingerprint density at radius 3 is 2.40 bits per heavy atom. The van der Waals surface area contributed by atoms with Gasteiger partial charge < -0.3 is 14.6 Å². The standard InChI is InChI=1S/C31H48O4/c1-19-10-15-31(26(33)34)22(16-19)21-8-9-24-27(3)13-11-20(2)28(4,18-32)23(27)12-14-29(24,5)30(21,6)17-25(31)35-7/h8,18-20,22-25H,9-17H2,1-7H3,(H,33,34)/t19-,20+,22?,23-,24?,25?,27?,28+,29+,30-,31-/m1/s1. The lowest BCUT2D eigenvalue weighted by molar-refractivity contribution is -0.212. The fourth-order valence-electron chi connectivity index (χ4n) is 11.0. The van der Waals surface area contributed by atoms with E-state index in [1.54, 1.807) is 7.11 Å². The van der Waals surface area contributed by atoms with Gasteiger partial charge >= 0.3 is 5.97 Å². The number of fused-ring (bicyclic) bond motifs is 7. The van der Waals surface area contributed by atoms with Gasteiger partial charge in [0.1, 0.15) is 11.7 Å². The minimum Gasteiger partial charge on any atom is -0.481 e. The first-order chi connectivity index (χ1) is 16.3. The second kappa shape index (κ2) is 7.92. The van der Waals surface area contributed by atoms with Gasteiger partial charge in [-0.15, -0.1) is 0 Å². The summed E-state index contributed by atoms with van der Waals surface area (Å²) in [7, 11) is 1.74. The molecule has 5 aliphatic rings. The molecule has 0 heterocycles. The summed E-state index contributed by atoms with van der Waals surface area (Å²) in [6.45, 7) is 14.3. The smallest absolute Gasteiger partial charge is 0.312 e. The molecule has 4 unspecified atom stereocenters. The summed E-state index contributed by atoms with van der Waals surface area (Å²) in [4.78, 5) is 25.5. The average Bonchev–Trinajstić information content (AvgIpc) is 2.81. The van der Waals surface area contributed by atoms with E-state index in [4.69, 9.17) is 4.74 Å². The minimum absolute atomic E-state index is 0.0578. The summed E-state index contributed by atoms with van der Waals surface area (Å²) >= 11 is 0. The predicted octanol–water partition coefficient (Wildman–Crippen LogP) is 6.92. The van der Waals surface area contributed by atoms with Crippen LogP contribution in [0.1, 0.15) is 99.3 Å². The van der Waals surface area contributed by atoms with Crippen molar-refractivity contribution in [2.45, 2.75) is 105 Å². The third kappa shape index (κ3) is 2.95. The van der Waals surface area contributed by atoms with Gasteiger partial charge in [-0.1, -0.05) is 53.2 Å². The Bertz CT molecular complexity index is 940. The third-order valence-corrected chi connectivity index (χ3v) is 13.5. The largest absolute Gasteiger partial charge is 0.481 e. The maximum absolute atomic E-state index is 13.0. The molecule has 0 aliphatic heterocycles. The number of methoxy groups -OCH3 is 1. The highest BCUT2D eigenvalue weighted by Gasteiger charge is 2.71. The number of rotatable bonds is 3. The van der Waals surface area contributed by atoms with Gasteiger partial charge in [-0.05, 0) is 104 Å². The van der Waals surface area contributed by atoms with E-state index in [9.17, 15) is 14.7 Å². The van der Waals surface area contributed by atoms with Crippen molar-refractivity contribution in [2.24, 2.45) is 56.7 Å². The molecular formula is C31H48O4. The number of carboxylic acid groups (broad SMARTS) is 1. The van der Waals surface area contributed by atoms with Gasteiger partial charge in [0.05, 0.1) is 6.10 Å². The molecule has 0 bridgehead atoms. The zero-order valence-electron chi connectivity index (χ0n) is 23.2. The van der Waals surface area contributed by atoms with Crippen molar-refractivity contribution in [3.8, 4) is 0 Å². The molecule has 4 fully saturated rings. The number of hydrogen-bond acceptors (Lipinski definition) is 3. The minimum atomic E-state index is -0.798. The van der Waals surface area contributed by atoms with Crippen molar-refractivity contribution in [2.75, 3.05) is 7.11 Å². The lowest BCUT2D eigenvalue weighted by Gasteiger charge is -2.71. The fourth-order valence-corrected chi connectivity index (χ4v) is 11.0. The lowest BCUT2D eigenvalue weighted by Crippen LogP contribution is -2.67. The summed E-state index contributed by atoms with van der Waals surface area (Å²) in [6.07, 6.45) is 12.5. The van der Waals surface area contributed by atoms with E-state index in [-0.39, 0.29) is 33.7 Å². The van der Waals surface area contributed by atoms with E-state index < -0.39 is 11.4 Å². The molecule has 35 heavy (non-hydrogen) atoms. The second-order valence-corrected chi connectivity index (χ2v) is 14.4. The van der Waals surface area contributed by atoms with Gasteiger partial charge in [-0.2, -0.15) is 0 Å². The Hall–Kier alpha value is -1.16. The van der Waals surface area contributed by atoms with Crippen LogP contribution in [-0.2, 0) is 14.3 Å². The molecule has 0 radical (unpaired) electrons. The van der Waals surface area contributed by atoms with Gasteiger partial charge in [-0.3, -0.25) is 4.79 Å². The van der Waals surface area contributed by atoms with Crippen LogP contribution in [-0.4, -0.2) is 30.6 Å². The number of carboxylic acids is 1. The molecule has 4 nitrogen and oxygen atoms in total. The van der Waals surface area contributed by atoms with Crippen LogP contribution >= 0.6 is 0 Å². The Labute approximate surface area is 212 Å². The summed E-state index contributed by atoms with van der Waals surface area (Å²) in [5.41, 5.74) is 0.513. The summed E-state index contributed by atoms with van der Waals surface area (Å²) < 4.78 is 6.14. The van der Waals surface area contributed by atoms with Crippen LogP contribution in [0.4, 0.5) is 0 Å². The molecule has 0 aromatic rings. The fraction of sp³-hybridized carbons (Fsp3) is 0.871. The summed E-state index contributed by atoms with van der Waals surface area (Å²) in [5.74, 6) is 1.30. The van der Waals surface area contributed by atoms with Gasteiger partial charge in [0.25, 0.3) is 0 Å². The van der Waals surface area contributed by atoms with E-state index in [0.717, 1.165) is 51.4 Å². The zero-order chi connectivity index (χ0) is 25.6. The molecule has 1 N–H and O–H groups in total. The highest BCUT2D eigenvalue weighted by atomic mass is 16.5. The van der Waals surface area contributed by atoms with E-state index in [0.29, 0.717) is 23.7 Å². The molecule has 0 aromatic carbocycles. The van der Waals surface area contributed by atoms with Crippen LogP contribution in [0.3, 0.4) is 0 Å². The summed E-state index contributed by atoms with van der Waals surface area (Å²) in [5, 5.41) is 10.6. The molecule has 4 saturated carbocycles. The molecule has 11 atom stereocenters. The van der Waals surface area contributed by atoms with Crippen molar-refractivity contribution < 1.29 is 19.4 Å². The zero-order valence-corrected chi connectivity index (χ0v) is 23.2. The van der Waals surface area contributed by atoms with Gasteiger partial charge in [0, 0.05) is 12.5 Å². The van der Waals surface area contributed by atoms with Crippen molar-refractivity contribution in [1.82, 2.24) is 0 Å². The quantitative estimate of drug-likeness (QED) is 0.349. The van der Waals surface area contributed by atoms with Crippen LogP contribution in [0.25, 0.3) is 0 Å². The Morgan fingerprint density at radius 2 is 1.77 bits per heavy atom. The third-order valence-electron chi connectivity index (χ3n) is 13.5. The monoisotopic (exact) mass is 484 g/mol. The first kappa shape index (κ1) is 25.5. The predicted molar refractivity (Wildman–Crippen MR) is 138 cm³/mol. The highest BCUT2D eigenvalue weighted by molar-refractivity contribution is 5.77. The second-order valence-electron chi connectivity index (χ2n) is 14.4. The molecule has 4 heteroatoms. The van der Waals surface area contributed by atoms with Gasteiger partial charge in [0.15, 0.2) is 0 Å². The van der Waals surface area contributed by atoms with Crippen molar-refractivity contribution in [1.29, 1.82) is 0 Å². The molecule has 5 aliphatic carbocycles. The summed E-state index contributed by atoms with van der Waals surface area (Å²) in [6, 6.07) is 0. The molecular weight excluding hydrogens is 436 g/mol. The molecule has 5 rings (SSSR count). The van der Waals surface area contributed by atoms with Crippen LogP contribution in [0, 0.1) is 56.7 Å². The molecule has 0 spiro atoms. The van der Waals surface area contributed by atoms with E-state index in [1.807, 2.05) is 0 Å². The highest BCUT2D eigenvalue weighted by Crippen LogP contribution is 2.75. The number of carbonyl (C=O) groups is 2. The molecule has 0 saturated heterocycles. The first-order valence-electron chi connectivity index (χ1n) is 14.3. The number of ether oxygens (including phenoxy) is 1. The van der Waals surface area contributed by atoms with Crippen LogP contribution < -0.4 is 0 Å². The maximum Gasteiger partial charge on any atom is 0.312 e. The van der Waals surface area contributed by atoms with Crippen LogP contribution in [0.5, 0.6) is 0 Å². The van der Waals surface area contributed by atoms with E-state index in [1.165, 1.54) is 18.3 Å². The van der Waals surface area contributed by atoms with Crippen molar-refractivity contribution in [3.05, 3.63) is 11.6 Å². The van der Waals surface area contributed by atoms with E-state index >= 15 is 0 Å². The lowest BCUT2D eigenvalue weighted by atomic mass is 9.33. The number of aliphatic carboxylic acids is 1. The van der Waals surface area contributed by atoms with Crippen LogP contribution in [0.2, 0.25) is 0 Å². The van der Waals surface area contributed by atoms with Crippen molar-refractivity contribution >= 4 is 12.3 Å². The SMILES string of the molecule is COC1C[C@]2(C)C(=CCC3C4(C)CC[C@H](C)[C@](C)(C=O)[C@@H]4CC[C@@]32C)C2C[C@H](C)CC[C@]12C(=O)O. The Balaban J connectivity index is 1.64. The Kier molecular flexibility index (Phi) is 5.77. The van der Waals surface area contributed by atoms with Gasteiger partial charge in [-0.25, -0.2) is 0 Å². The average molecular weight is 485 g/mol. The number of allylic oxidation sites excluding steroid dienone is 2. The van der Waals surface area contributed by atoms with Gasteiger partial charge in [0.2, 0.25) is 0 Å². The molecule has 0 aromatic heterocycles.